The molecule has 0 radical (unpaired) electrons. The smallest absolute Gasteiger partial charge is 0.355 e. The molecule has 0 atom stereocenters. The van der Waals surface area contributed by atoms with Crippen LogP contribution < -0.4 is 0 Å². The summed E-state index contributed by atoms with van der Waals surface area (Å²) in [5, 5.41) is 8.47. The standard InChI is InChI=1S/C7H3BrF3NO2/c8-3-4(9)2(6(10)11)1-12-5(3)7(13)14/h1,6H,(H,13,14). The van der Waals surface area contributed by atoms with E-state index in [9.17, 15) is 18.0 Å². The number of pyridine rings is 1. The number of alkyl halides is 2. The van der Waals surface area contributed by atoms with Crippen LogP contribution in [-0.2, 0) is 0 Å². The largest absolute Gasteiger partial charge is 0.476 e. The Kier molecular flexibility index (Phi) is 3.10. The van der Waals surface area contributed by atoms with Crippen molar-refractivity contribution in [2.75, 3.05) is 0 Å². The number of carboxylic acid groups (broad SMARTS) is 1. The van der Waals surface area contributed by atoms with E-state index >= 15 is 0 Å². The van der Waals surface area contributed by atoms with E-state index in [0.717, 1.165) is 0 Å². The van der Waals surface area contributed by atoms with Crippen molar-refractivity contribution < 1.29 is 23.1 Å². The van der Waals surface area contributed by atoms with Crippen LogP contribution in [0.2, 0.25) is 0 Å². The molecular formula is C7H3BrF3NO2. The average molecular weight is 270 g/mol. The minimum atomic E-state index is -3.03. The third-order valence-electron chi connectivity index (χ3n) is 1.42. The van der Waals surface area contributed by atoms with Gasteiger partial charge in [0, 0.05) is 6.20 Å². The second kappa shape index (κ2) is 3.95. The molecule has 0 aliphatic heterocycles. The summed E-state index contributed by atoms with van der Waals surface area (Å²) in [6.07, 6.45) is -2.52. The van der Waals surface area contributed by atoms with Crippen LogP contribution in [0.1, 0.15) is 22.5 Å². The third-order valence-corrected chi connectivity index (χ3v) is 2.15. The van der Waals surface area contributed by atoms with Crippen molar-refractivity contribution in [1.82, 2.24) is 4.98 Å². The number of nitrogens with zero attached hydrogens (tertiary/aromatic N) is 1. The van der Waals surface area contributed by atoms with Crippen LogP contribution in [0.3, 0.4) is 0 Å². The SMILES string of the molecule is O=C(O)c1ncc(C(F)F)c(F)c1Br. The minimum Gasteiger partial charge on any atom is -0.476 e. The fourth-order valence-electron chi connectivity index (χ4n) is 0.779. The van der Waals surface area contributed by atoms with E-state index in [1.54, 1.807) is 0 Å². The molecular weight excluding hydrogens is 267 g/mol. The molecule has 0 bridgehead atoms. The maximum atomic E-state index is 13.0. The Hall–Kier alpha value is -1.11. The van der Waals surface area contributed by atoms with Crippen LogP contribution in [0.4, 0.5) is 13.2 Å². The Balaban J connectivity index is 3.33. The fourth-order valence-corrected chi connectivity index (χ4v) is 1.28. The van der Waals surface area contributed by atoms with Gasteiger partial charge in [-0.2, -0.15) is 0 Å². The Morgan fingerprint density at radius 2 is 2.14 bits per heavy atom. The van der Waals surface area contributed by atoms with Crippen LogP contribution >= 0.6 is 15.9 Å². The molecule has 3 nitrogen and oxygen atoms in total. The number of hydrogen-bond acceptors (Lipinski definition) is 2. The molecule has 7 heteroatoms. The van der Waals surface area contributed by atoms with Gasteiger partial charge in [0.15, 0.2) is 5.69 Å². The number of halogens is 4. The maximum Gasteiger partial charge on any atom is 0.355 e. The van der Waals surface area contributed by atoms with Crippen molar-refractivity contribution in [3.05, 3.63) is 27.7 Å². The van der Waals surface area contributed by atoms with Crippen LogP contribution in [0, 0.1) is 5.82 Å². The van der Waals surface area contributed by atoms with Crippen molar-refractivity contribution >= 4 is 21.9 Å². The van der Waals surface area contributed by atoms with Gasteiger partial charge < -0.3 is 5.11 Å². The molecule has 1 rings (SSSR count). The summed E-state index contributed by atoms with van der Waals surface area (Å²) in [6.45, 7) is 0. The van der Waals surface area contributed by atoms with Gasteiger partial charge in [0.25, 0.3) is 6.43 Å². The Morgan fingerprint density at radius 1 is 1.57 bits per heavy atom. The van der Waals surface area contributed by atoms with Gasteiger partial charge >= 0.3 is 5.97 Å². The summed E-state index contributed by atoms with van der Waals surface area (Å²) in [5.41, 5.74) is -1.56. The quantitative estimate of drug-likeness (QED) is 0.898. The fraction of sp³-hybridized carbons (Fsp3) is 0.143. The Bertz CT molecular complexity index is 383. The predicted octanol–water partition coefficient (Wildman–Crippen LogP) is 2.62. The van der Waals surface area contributed by atoms with Gasteiger partial charge in [0.2, 0.25) is 0 Å². The summed E-state index contributed by atoms with van der Waals surface area (Å²) >= 11 is 2.55. The number of carboxylic acids is 1. The van der Waals surface area contributed by atoms with Crippen molar-refractivity contribution in [2.24, 2.45) is 0 Å². The normalized spacial score (nSPS) is 10.6. The van der Waals surface area contributed by atoms with Crippen molar-refractivity contribution in [3.63, 3.8) is 0 Å². The van der Waals surface area contributed by atoms with Gasteiger partial charge in [-0.3, -0.25) is 0 Å². The van der Waals surface area contributed by atoms with Gasteiger partial charge in [-0.25, -0.2) is 22.9 Å². The molecule has 0 spiro atoms. The zero-order valence-corrected chi connectivity index (χ0v) is 8.06. The van der Waals surface area contributed by atoms with Crippen LogP contribution in [0.25, 0.3) is 0 Å². The van der Waals surface area contributed by atoms with Gasteiger partial charge in [-0.15, -0.1) is 0 Å². The highest BCUT2D eigenvalue weighted by atomic mass is 79.9. The molecule has 1 heterocycles. The first-order chi connectivity index (χ1) is 6.45. The molecule has 0 saturated carbocycles. The lowest BCUT2D eigenvalue weighted by Crippen LogP contribution is -2.05. The molecule has 1 aromatic heterocycles. The number of rotatable bonds is 2. The second-order valence-electron chi connectivity index (χ2n) is 2.30. The lowest BCUT2D eigenvalue weighted by molar-refractivity contribution is 0.0687. The topological polar surface area (TPSA) is 50.2 Å². The van der Waals surface area contributed by atoms with Crippen LogP contribution in [0.15, 0.2) is 10.7 Å². The monoisotopic (exact) mass is 269 g/mol. The lowest BCUT2D eigenvalue weighted by atomic mass is 10.2. The highest BCUT2D eigenvalue weighted by Crippen LogP contribution is 2.28. The molecule has 14 heavy (non-hydrogen) atoms. The first-order valence-corrected chi connectivity index (χ1v) is 4.09. The van der Waals surface area contributed by atoms with Crippen molar-refractivity contribution in [3.8, 4) is 0 Å². The van der Waals surface area contributed by atoms with Gasteiger partial charge in [-0.05, 0) is 15.9 Å². The zero-order valence-electron chi connectivity index (χ0n) is 6.47. The van der Waals surface area contributed by atoms with Crippen molar-refractivity contribution in [2.45, 2.75) is 6.43 Å². The van der Waals surface area contributed by atoms with E-state index in [1.807, 2.05) is 0 Å². The first-order valence-electron chi connectivity index (χ1n) is 3.30. The van der Waals surface area contributed by atoms with Crippen LogP contribution in [0.5, 0.6) is 0 Å². The summed E-state index contributed by atoms with van der Waals surface area (Å²) in [4.78, 5) is 13.6. The number of hydrogen-bond donors (Lipinski definition) is 1. The number of carbonyl (C=O) groups is 1. The zero-order chi connectivity index (χ0) is 10.9. The highest BCUT2D eigenvalue weighted by Gasteiger charge is 2.21. The highest BCUT2D eigenvalue weighted by molar-refractivity contribution is 9.10. The van der Waals surface area contributed by atoms with Crippen LogP contribution in [-0.4, -0.2) is 16.1 Å². The molecule has 0 unspecified atom stereocenters. The summed E-state index contributed by atoms with van der Waals surface area (Å²) in [6, 6.07) is 0. The summed E-state index contributed by atoms with van der Waals surface area (Å²) in [5.74, 6) is -2.79. The number of aromatic carboxylic acids is 1. The van der Waals surface area contributed by atoms with Crippen molar-refractivity contribution in [1.29, 1.82) is 0 Å². The van der Waals surface area contributed by atoms with E-state index < -0.39 is 33.9 Å². The molecule has 0 saturated heterocycles. The van der Waals surface area contributed by atoms with E-state index in [2.05, 4.69) is 20.9 Å². The molecule has 0 fully saturated rings. The Labute approximate surface area is 84.7 Å². The summed E-state index contributed by atoms with van der Waals surface area (Å²) < 4.78 is 36.7. The first kappa shape index (κ1) is 11.0. The molecule has 0 amide bonds. The maximum absolute atomic E-state index is 13.0. The average Bonchev–Trinajstić information content (AvgIpc) is 2.08. The molecule has 76 valence electrons. The minimum absolute atomic E-state index is 0.508. The van der Waals surface area contributed by atoms with Gasteiger partial charge in [-0.1, -0.05) is 0 Å². The van der Waals surface area contributed by atoms with Gasteiger partial charge in [0.05, 0.1) is 10.0 Å². The molecule has 0 aliphatic carbocycles. The second-order valence-corrected chi connectivity index (χ2v) is 3.09. The summed E-state index contributed by atoms with van der Waals surface area (Å²) in [7, 11) is 0. The van der Waals surface area contributed by atoms with E-state index in [0.29, 0.717) is 6.20 Å². The number of aromatic nitrogens is 1. The molecule has 0 aliphatic rings. The van der Waals surface area contributed by atoms with E-state index in [-0.39, 0.29) is 0 Å². The predicted molar refractivity (Wildman–Crippen MR) is 43.8 cm³/mol. The Morgan fingerprint density at radius 3 is 2.57 bits per heavy atom. The van der Waals surface area contributed by atoms with E-state index in [4.69, 9.17) is 5.11 Å². The molecule has 0 aromatic carbocycles. The van der Waals surface area contributed by atoms with Gasteiger partial charge in [0.1, 0.15) is 5.82 Å². The third kappa shape index (κ3) is 1.87. The molecule has 1 aromatic rings. The lowest BCUT2D eigenvalue weighted by Gasteiger charge is -2.04. The molecule has 1 N–H and O–H groups in total. The van der Waals surface area contributed by atoms with E-state index in [1.165, 1.54) is 0 Å².